The van der Waals surface area contributed by atoms with Gasteiger partial charge in [-0.05, 0) is 32.8 Å². The Morgan fingerprint density at radius 1 is 1.29 bits per heavy atom. The predicted octanol–water partition coefficient (Wildman–Crippen LogP) is 2.25. The molecule has 0 atom stereocenters. The molecule has 0 saturated carbocycles. The summed E-state index contributed by atoms with van der Waals surface area (Å²) >= 11 is 1.36. The van der Waals surface area contributed by atoms with Crippen LogP contribution in [-0.4, -0.2) is 43.0 Å². The molecule has 28 heavy (non-hydrogen) atoms. The van der Waals surface area contributed by atoms with Crippen molar-refractivity contribution >= 4 is 34.1 Å². The lowest BCUT2D eigenvalue weighted by atomic mass is 10.1. The molecule has 0 unspecified atom stereocenters. The zero-order chi connectivity index (χ0) is 20.3. The van der Waals surface area contributed by atoms with Crippen molar-refractivity contribution in [3.8, 4) is 0 Å². The van der Waals surface area contributed by atoms with E-state index in [1.165, 1.54) is 24.6 Å². The maximum absolute atomic E-state index is 12.2. The molecule has 3 aromatic heterocycles. The van der Waals surface area contributed by atoms with E-state index in [1.807, 2.05) is 20.8 Å². The minimum atomic E-state index is -0.314. The second-order valence-corrected chi connectivity index (χ2v) is 7.11. The summed E-state index contributed by atoms with van der Waals surface area (Å²) < 4.78 is 7.00. The fourth-order valence-electron chi connectivity index (χ4n) is 2.95. The van der Waals surface area contributed by atoms with Crippen LogP contribution in [0.25, 0.3) is 5.78 Å². The van der Waals surface area contributed by atoms with Gasteiger partial charge in [-0.15, -0.1) is 11.3 Å². The van der Waals surface area contributed by atoms with Crippen LogP contribution < -0.4 is 4.90 Å². The normalized spacial score (nSPS) is 11.0. The molecule has 0 N–H and O–H groups in total. The van der Waals surface area contributed by atoms with Gasteiger partial charge in [-0.3, -0.25) is 14.5 Å². The van der Waals surface area contributed by atoms with Gasteiger partial charge in [0.2, 0.25) is 5.91 Å². The number of nitrogens with zero attached hydrogens (tertiary/aromatic N) is 6. The monoisotopic (exact) mass is 402 g/mol. The van der Waals surface area contributed by atoms with E-state index < -0.39 is 0 Å². The molecular weight excluding hydrogens is 380 g/mol. The van der Waals surface area contributed by atoms with Gasteiger partial charge in [0.1, 0.15) is 12.9 Å². The predicted molar refractivity (Wildman–Crippen MR) is 104 cm³/mol. The third kappa shape index (κ3) is 4.16. The standard InChI is InChI=1S/C18H22N6O3S/c1-5-23(13(4)25)18-22-14(9-28-18)8-27-16(26)7-6-15-11(2)21-17-19-10-20-24(17)12(15)3/h9-10H,5-8H2,1-4H3. The van der Waals surface area contributed by atoms with E-state index in [1.54, 1.807) is 14.8 Å². The molecule has 0 aromatic carbocycles. The molecule has 0 aliphatic carbocycles. The number of aromatic nitrogens is 5. The highest BCUT2D eigenvalue weighted by atomic mass is 32.1. The van der Waals surface area contributed by atoms with Gasteiger partial charge in [0.05, 0.1) is 5.69 Å². The Labute approximate surface area is 166 Å². The maximum Gasteiger partial charge on any atom is 0.306 e. The molecule has 0 spiro atoms. The highest BCUT2D eigenvalue weighted by Crippen LogP contribution is 2.21. The van der Waals surface area contributed by atoms with E-state index in [2.05, 4.69) is 20.1 Å². The fraction of sp³-hybridized carbons (Fsp3) is 0.444. The van der Waals surface area contributed by atoms with Crippen LogP contribution in [0, 0.1) is 13.8 Å². The number of carbonyl (C=O) groups excluding carboxylic acids is 2. The number of amides is 1. The minimum Gasteiger partial charge on any atom is -0.459 e. The van der Waals surface area contributed by atoms with Crippen LogP contribution >= 0.6 is 11.3 Å². The van der Waals surface area contributed by atoms with Gasteiger partial charge in [-0.25, -0.2) is 14.5 Å². The van der Waals surface area contributed by atoms with E-state index in [0.29, 0.717) is 29.6 Å². The second-order valence-electron chi connectivity index (χ2n) is 6.28. The lowest BCUT2D eigenvalue weighted by Crippen LogP contribution is -2.27. The number of carbonyl (C=O) groups is 2. The molecule has 1 amide bonds. The number of rotatable bonds is 7. The molecule has 9 nitrogen and oxygen atoms in total. The molecule has 0 saturated heterocycles. The largest absolute Gasteiger partial charge is 0.459 e. The molecule has 3 rings (SSSR count). The molecule has 3 heterocycles. The number of hydrogen-bond donors (Lipinski definition) is 0. The van der Waals surface area contributed by atoms with Crippen LogP contribution in [-0.2, 0) is 27.4 Å². The fourth-order valence-corrected chi connectivity index (χ4v) is 3.87. The Hall–Kier alpha value is -2.88. The van der Waals surface area contributed by atoms with E-state index in [-0.39, 0.29) is 24.9 Å². The van der Waals surface area contributed by atoms with E-state index >= 15 is 0 Å². The van der Waals surface area contributed by atoms with E-state index in [9.17, 15) is 9.59 Å². The molecule has 0 fully saturated rings. The Morgan fingerprint density at radius 2 is 2.07 bits per heavy atom. The summed E-state index contributed by atoms with van der Waals surface area (Å²) in [4.78, 5) is 38.2. The van der Waals surface area contributed by atoms with Gasteiger partial charge in [0.15, 0.2) is 5.13 Å². The van der Waals surface area contributed by atoms with Gasteiger partial charge < -0.3 is 4.74 Å². The van der Waals surface area contributed by atoms with E-state index in [0.717, 1.165) is 17.0 Å². The summed E-state index contributed by atoms with van der Waals surface area (Å²) in [6.07, 6.45) is 2.20. The maximum atomic E-state index is 12.2. The number of ether oxygens (including phenoxy) is 1. The van der Waals surface area contributed by atoms with Crippen LogP contribution in [0.1, 0.15) is 42.9 Å². The molecular formula is C18H22N6O3S. The summed E-state index contributed by atoms with van der Waals surface area (Å²) in [5.74, 6) is 0.169. The Balaban J connectivity index is 1.57. The van der Waals surface area contributed by atoms with Gasteiger partial charge in [-0.1, -0.05) is 0 Å². The third-order valence-corrected chi connectivity index (χ3v) is 5.33. The molecule has 0 aliphatic rings. The molecule has 148 valence electrons. The van der Waals surface area contributed by atoms with Gasteiger partial charge in [0, 0.05) is 36.7 Å². The van der Waals surface area contributed by atoms with Crippen molar-refractivity contribution in [2.45, 2.75) is 47.1 Å². The molecule has 0 aliphatic heterocycles. The quantitative estimate of drug-likeness (QED) is 0.558. The van der Waals surface area contributed by atoms with Crippen molar-refractivity contribution in [1.82, 2.24) is 24.6 Å². The Morgan fingerprint density at radius 3 is 2.79 bits per heavy atom. The van der Waals surface area contributed by atoms with Crippen molar-refractivity contribution in [3.05, 3.63) is 34.4 Å². The number of fused-ring (bicyclic) bond motifs is 1. The molecule has 3 aromatic rings. The van der Waals surface area contributed by atoms with Crippen LogP contribution in [0.4, 0.5) is 5.13 Å². The van der Waals surface area contributed by atoms with Crippen molar-refractivity contribution in [3.63, 3.8) is 0 Å². The van der Waals surface area contributed by atoms with Crippen LogP contribution in [0.15, 0.2) is 11.7 Å². The lowest BCUT2D eigenvalue weighted by molar-refractivity contribution is -0.145. The highest BCUT2D eigenvalue weighted by Gasteiger charge is 2.15. The number of anilines is 1. The molecule has 10 heteroatoms. The summed E-state index contributed by atoms with van der Waals surface area (Å²) in [6.45, 7) is 7.85. The van der Waals surface area contributed by atoms with E-state index in [4.69, 9.17) is 4.74 Å². The molecule has 0 bridgehead atoms. The number of aryl methyl sites for hydroxylation is 2. The summed E-state index contributed by atoms with van der Waals surface area (Å²) in [5, 5.41) is 6.56. The van der Waals surface area contributed by atoms with Gasteiger partial charge >= 0.3 is 5.97 Å². The first-order valence-electron chi connectivity index (χ1n) is 8.94. The van der Waals surface area contributed by atoms with Crippen molar-refractivity contribution in [1.29, 1.82) is 0 Å². The summed E-state index contributed by atoms with van der Waals surface area (Å²) in [5.41, 5.74) is 3.34. The van der Waals surface area contributed by atoms with Crippen molar-refractivity contribution < 1.29 is 14.3 Å². The minimum absolute atomic E-state index is 0.0657. The smallest absolute Gasteiger partial charge is 0.306 e. The summed E-state index contributed by atoms with van der Waals surface area (Å²) in [7, 11) is 0. The second kappa shape index (κ2) is 8.42. The summed E-state index contributed by atoms with van der Waals surface area (Å²) in [6, 6.07) is 0. The average molecular weight is 402 g/mol. The average Bonchev–Trinajstić information content (AvgIpc) is 3.29. The van der Waals surface area contributed by atoms with Crippen molar-refractivity contribution in [2.75, 3.05) is 11.4 Å². The Kier molecular flexibility index (Phi) is 5.98. The van der Waals surface area contributed by atoms with Crippen LogP contribution in [0.2, 0.25) is 0 Å². The number of thiazole rings is 1. The highest BCUT2D eigenvalue weighted by molar-refractivity contribution is 7.14. The van der Waals surface area contributed by atoms with Crippen LogP contribution in [0.3, 0.4) is 0 Å². The third-order valence-electron chi connectivity index (χ3n) is 4.42. The zero-order valence-electron chi connectivity index (χ0n) is 16.3. The lowest BCUT2D eigenvalue weighted by Gasteiger charge is -2.14. The molecule has 0 radical (unpaired) electrons. The van der Waals surface area contributed by atoms with Gasteiger partial charge in [0.25, 0.3) is 5.78 Å². The topological polar surface area (TPSA) is 103 Å². The first-order chi connectivity index (χ1) is 13.4. The SMILES string of the molecule is CCN(C(C)=O)c1nc(COC(=O)CCc2c(C)nc3ncnn3c2C)cs1. The first-order valence-corrected chi connectivity index (χ1v) is 9.82. The Bertz CT molecular complexity index is 1010. The van der Waals surface area contributed by atoms with Crippen LogP contribution in [0.5, 0.6) is 0 Å². The van der Waals surface area contributed by atoms with Crippen molar-refractivity contribution in [2.24, 2.45) is 0 Å². The first kappa shape index (κ1) is 19.9. The van der Waals surface area contributed by atoms with Gasteiger partial charge in [-0.2, -0.15) is 10.1 Å². The number of hydrogen-bond acceptors (Lipinski definition) is 8. The zero-order valence-corrected chi connectivity index (χ0v) is 17.1. The number of esters is 1.